The molecule has 0 spiro atoms. The normalized spacial score (nSPS) is 18.5. The molecule has 1 heterocycles. The summed E-state index contributed by atoms with van der Waals surface area (Å²) in [6.45, 7) is 0.289. The second-order valence-electron chi connectivity index (χ2n) is 9.66. The molecule has 5 rings (SSSR count). The predicted octanol–water partition coefficient (Wildman–Crippen LogP) is 5.11. The second-order valence-corrected chi connectivity index (χ2v) is 9.66. The number of nitrogens with zero attached hydrogens (tertiary/aromatic N) is 1. The van der Waals surface area contributed by atoms with Gasteiger partial charge in [0.2, 0.25) is 5.91 Å². The third kappa shape index (κ3) is 4.17. The Labute approximate surface area is 199 Å². The number of carboxylic acid groups (broad SMARTS) is 1. The molecule has 1 aromatic heterocycles. The molecule has 1 unspecified atom stereocenters. The number of aromatic nitrogens is 1. The molecule has 6 heteroatoms. The van der Waals surface area contributed by atoms with Crippen LogP contribution in [0.4, 0.5) is 0 Å². The summed E-state index contributed by atoms with van der Waals surface area (Å²) < 4.78 is 8.05. The van der Waals surface area contributed by atoms with E-state index in [0.717, 1.165) is 41.4 Å². The Kier molecular flexibility index (Phi) is 6.31. The van der Waals surface area contributed by atoms with E-state index >= 15 is 0 Å². The number of rotatable bonds is 7. The molecule has 1 saturated carbocycles. The van der Waals surface area contributed by atoms with Crippen LogP contribution in [0, 0.1) is 0 Å². The van der Waals surface area contributed by atoms with Gasteiger partial charge in [0.05, 0.1) is 11.4 Å². The van der Waals surface area contributed by atoms with E-state index in [-0.39, 0.29) is 5.91 Å². The van der Waals surface area contributed by atoms with Gasteiger partial charge >= 0.3 is 5.97 Å². The molecule has 2 aromatic carbocycles. The van der Waals surface area contributed by atoms with Gasteiger partial charge in [0, 0.05) is 17.6 Å². The van der Waals surface area contributed by atoms with Crippen LogP contribution in [0.3, 0.4) is 0 Å². The van der Waals surface area contributed by atoms with E-state index < -0.39 is 18.5 Å². The van der Waals surface area contributed by atoms with Crippen molar-refractivity contribution in [1.29, 1.82) is 0 Å². The number of ether oxygens (including phenoxy) is 1. The Balaban J connectivity index is 1.69. The average molecular weight is 461 g/mol. The highest BCUT2D eigenvalue weighted by Crippen LogP contribution is 2.43. The number of carbonyl (C=O) groups excluding carboxylic acids is 1. The topological polar surface area (TPSA) is 94.6 Å². The molecular weight excluding hydrogens is 428 g/mol. The minimum Gasteiger partial charge on any atom is -0.481 e. The SMILES string of the molecule is NC(=O)C1CCCCc2c1c1c(OCC(=O)O)cccc1n2Cc1ccccc1C1CCCC1. The number of fused-ring (bicyclic) bond motifs is 3. The van der Waals surface area contributed by atoms with E-state index in [2.05, 4.69) is 28.8 Å². The van der Waals surface area contributed by atoms with Crippen molar-refractivity contribution in [3.05, 3.63) is 64.8 Å². The van der Waals surface area contributed by atoms with Gasteiger partial charge in [-0.1, -0.05) is 49.6 Å². The van der Waals surface area contributed by atoms with Crippen molar-refractivity contribution < 1.29 is 19.4 Å². The van der Waals surface area contributed by atoms with Crippen LogP contribution in [0.2, 0.25) is 0 Å². The molecule has 3 aromatic rings. The number of benzene rings is 2. The van der Waals surface area contributed by atoms with Gasteiger partial charge in [-0.25, -0.2) is 4.79 Å². The third-order valence-electron chi connectivity index (χ3n) is 7.58. The summed E-state index contributed by atoms with van der Waals surface area (Å²) >= 11 is 0. The molecule has 0 saturated heterocycles. The maximum Gasteiger partial charge on any atom is 0.341 e. The van der Waals surface area contributed by atoms with E-state index in [1.54, 1.807) is 6.07 Å². The fraction of sp³-hybridized carbons (Fsp3) is 0.429. The molecule has 0 radical (unpaired) electrons. The predicted molar refractivity (Wildman–Crippen MR) is 131 cm³/mol. The summed E-state index contributed by atoms with van der Waals surface area (Å²) in [6.07, 6.45) is 8.52. The van der Waals surface area contributed by atoms with Crippen molar-refractivity contribution in [2.24, 2.45) is 5.73 Å². The number of aliphatic carboxylic acids is 1. The largest absolute Gasteiger partial charge is 0.481 e. The number of carboxylic acids is 1. The van der Waals surface area contributed by atoms with E-state index in [0.29, 0.717) is 24.6 Å². The lowest BCUT2D eigenvalue weighted by Crippen LogP contribution is -2.21. The quantitative estimate of drug-likeness (QED) is 0.479. The molecule has 0 bridgehead atoms. The first-order valence-electron chi connectivity index (χ1n) is 12.4. The second kappa shape index (κ2) is 9.53. The first kappa shape index (κ1) is 22.5. The highest BCUT2D eigenvalue weighted by atomic mass is 16.5. The molecule has 3 N–H and O–H groups in total. The number of carbonyl (C=O) groups is 2. The molecule has 34 heavy (non-hydrogen) atoms. The Bertz CT molecular complexity index is 1220. The van der Waals surface area contributed by atoms with E-state index in [4.69, 9.17) is 10.5 Å². The third-order valence-corrected chi connectivity index (χ3v) is 7.58. The molecule has 1 fully saturated rings. The van der Waals surface area contributed by atoms with Crippen LogP contribution in [0.1, 0.15) is 79.2 Å². The number of amides is 1. The number of hydrogen-bond donors (Lipinski definition) is 2. The summed E-state index contributed by atoms with van der Waals surface area (Å²) in [7, 11) is 0. The Morgan fingerprint density at radius 2 is 1.76 bits per heavy atom. The molecule has 6 nitrogen and oxygen atoms in total. The average Bonchev–Trinajstić information content (AvgIpc) is 3.39. The molecule has 2 aliphatic rings. The van der Waals surface area contributed by atoms with Gasteiger partial charge in [-0.15, -0.1) is 0 Å². The van der Waals surface area contributed by atoms with Crippen molar-refractivity contribution in [2.45, 2.75) is 69.7 Å². The monoisotopic (exact) mass is 460 g/mol. The summed E-state index contributed by atoms with van der Waals surface area (Å²) in [5.41, 5.74) is 11.7. The number of nitrogens with two attached hydrogens (primary N) is 1. The Morgan fingerprint density at radius 1 is 1.00 bits per heavy atom. The first-order valence-corrected chi connectivity index (χ1v) is 12.4. The minimum atomic E-state index is -1.03. The van der Waals surface area contributed by atoms with Gasteiger partial charge in [-0.2, -0.15) is 0 Å². The summed E-state index contributed by atoms with van der Waals surface area (Å²) in [5.74, 6) is -0.654. The van der Waals surface area contributed by atoms with E-state index in [9.17, 15) is 14.7 Å². The molecule has 178 valence electrons. The zero-order valence-electron chi connectivity index (χ0n) is 19.5. The van der Waals surface area contributed by atoms with E-state index in [1.807, 2.05) is 12.1 Å². The zero-order valence-corrected chi connectivity index (χ0v) is 19.5. The van der Waals surface area contributed by atoms with Crippen LogP contribution in [-0.2, 0) is 22.6 Å². The minimum absolute atomic E-state index is 0.332. The number of hydrogen-bond acceptors (Lipinski definition) is 3. The van der Waals surface area contributed by atoms with Gasteiger partial charge in [0.15, 0.2) is 6.61 Å². The van der Waals surface area contributed by atoms with Gasteiger partial charge < -0.3 is 20.1 Å². The molecular formula is C28H32N2O4. The van der Waals surface area contributed by atoms with Crippen LogP contribution in [0.25, 0.3) is 10.9 Å². The van der Waals surface area contributed by atoms with E-state index in [1.165, 1.54) is 36.8 Å². The van der Waals surface area contributed by atoms with Crippen molar-refractivity contribution in [1.82, 2.24) is 4.57 Å². The molecule has 1 amide bonds. The van der Waals surface area contributed by atoms with Crippen LogP contribution in [-0.4, -0.2) is 28.2 Å². The summed E-state index contributed by atoms with van der Waals surface area (Å²) in [6, 6.07) is 14.5. The molecule has 2 aliphatic carbocycles. The van der Waals surface area contributed by atoms with Crippen molar-refractivity contribution in [3.8, 4) is 5.75 Å². The van der Waals surface area contributed by atoms with Gasteiger partial charge in [-0.3, -0.25) is 4.79 Å². The summed E-state index contributed by atoms with van der Waals surface area (Å²) in [4.78, 5) is 23.8. The first-order chi connectivity index (χ1) is 16.5. The smallest absolute Gasteiger partial charge is 0.341 e. The summed E-state index contributed by atoms with van der Waals surface area (Å²) in [5, 5.41) is 10.0. The zero-order chi connectivity index (χ0) is 23.7. The molecule has 0 aliphatic heterocycles. The molecule has 1 atom stereocenters. The van der Waals surface area contributed by atoms with Gasteiger partial charge in [0.25, 0.3) is 0 Å². The lowest BCUT2D eigenvalue weighted by atomic mass is 9.92. The Morgan fingerprint density at radius 3 is 2.53 bits per heavy atom. The van der Waals surface area contributed by atoms with Crippen molar-refractivity contribution in [3.63, 3.8) is 0 Å². The Hall–Kier alpha value is -3.28. The lowest BCUT2D eigenvalue weighted by molar-refractivity contribution is -0.139. The fourth-order valence-corrected chi connectivity index (χ4v) is 6.09. The van der Waals surface area contributed by atoms with Crippen molar-refractivity contribution in [2.75, 3.05) is 6.61 Å². The van der Waals surface area contributed by atoms with Crippen LogP contribution >= 0.6 is 0 Å². The van der Waals surface area contributed by atoms with Gasteiger partial charge in [-0.05, 0) is 66.8 Å². The highest BCUT2D eigenvalue weighted by Gasteiger charge is 2.31. The maximum atomic E-state index is 12.6. The standard InChI is InChI=1S/C28H32N2O4/c29-28(33)21-12-5-6-13-22-26(21)27-23(14-7-15-24(27)34-17-25(31)32)30(22)16-19-10-3-4-11-20(19)18-8-1-2-9-18/h3-4,7,10-11,14-15,18,21H,1-2,5-6,8-9,12-13,16-17H2,(H2,29,33)(H,31,32). The maximum absolute atomic E-state index is 12.6. The number of primary amides is 1. The lowest BCUT2D eigenvalue weighted by Gasteiger charge is -2.18. The van der Waals surface area contributed by atoms with Gasteiger partial charge in [0.1, 0.15) is 5.75 Å². The van der Waals surface area contributed by atoms with Crippen LogP contribution < -0.4 is 10.5 Å². The highest BCUT2D eigenvalue weighted by molar-refractivity contribution is 5.97. The van der Waals surface area contributed by atoms with Crippen LogP contribution in [0.15, 0.2) is 42.5 Å². The van der Waals surface area contributed by atoms with Crippen molar-refractivity contribution >= 4 is 22.8 Å². The fourth-order valence-electron chi connectivity index (χ4n) is 6.09. The van der Waals surface area contributed by atoms with Crippen LogP contribution in [0.5, 0.6) is 5.75 Å².